The molecule has 20 heavy (non-hydrogen) atoms. The van der Waals surface area contributed by atoms with E-state index in [0.717, 1.165) is 13.1 Å². The number of aromatic nitrogens is 2. The van der Waals surface area contributed by atoms with Gasteiger partial charge in [-0.25, -0.2) is 0 Å². The molecule has 0 aliphatic carbocycles. The smallest absolute Gasteiger partial charge is 0.322 e. The van der Waals surface area contributed by atoms with E-state index in [4.69, 9.17) is 4.42 Å². The Hall–Kier alpha value is -1.47. The van der Waals surface area contributed by atoms with Crippen molar-refractivity contribution >= 4 is 11.9 Å². The topological polar surface area (TPSA) is 83.3 Å². The van der Waals surface area contributed by atoms with Gasteiger partial charge in [0, 0.05) is 18.5 Å². The van der Waals surface area contributed by atoms with Crippen molar-refractivity contribution in [2.24, 2.45) is 0 Å². The number of nitrogens with one attached hydrogen (secondary N) is 2. The third kappa shape index (κ3) is 4.28. The molecule has 7 nitrogen and oxygen atoms in total. The Bertz CT molecular complexity index is 440. The van der Waals surface area contributed by atoms with Gasteiger partial charge in [0.15, 0.2) is 0 Å². The van der Waals surface area contributed by atoms with Gasteiger partial charge in [-0.05, 0) is 26.4 Å². The Kier molecular flexibility index (Phi) is 5.08. The lowest BCUT2D eigenvalue weighted by molar-refractivity contribution is -0.117. The second-order valence-corrected chi connectivity index (χ2v) is 5.64. The molecule has 1 aromatic heterocycles. The van der Waals surface area contributed by atoms with Crippen molar-refractivity contribution in [3.63, 3.8) is 0 Å². The van der Waals surface area contributed by atoms with Gasteiger partial charge in [0.2, 0.25) is 11.8 Å². The predicted molar refractivity (Wildman–Crippen MR) is 75.5 cm³/mol. The molecule has 0 bridgehead atoms. The summed E-state index contributed by atoms with van der Waals surface area (Å²) in [6.45, 7) is 6.18. The second kappa shape index (κ2) is 6.81. The Morgan fingerprint density at radius 1 is 1.55 bits per heavy atom. The molecule has 0 aromatic carbocycles. The van der Waals surface area contributed by atoms with Gasteiger partial charge in [-0.15, -0.1) is 5.10 Å². The predicted octanol–water partition coefficient (Wildman–Crippen LogP) is 0.815. The zero-order chi connectivity index (χ0) is 14.5. The Labute approximate surface area is 119 Å². The van der Waals surface area contributed by atoms with Gasteiger partial charge >= 0.3 is 6.01 Å². The summed E-state index contributed by atoms with van der Waals surface area (Å²) >= 11 is 0. The molecule has 2 heterocycles. The largest absolute Gasteiger partial charge is 0.408 e. The monoisotopic (exact) mass is 281 g/mol. The lowest BCUT2D eigenvalue weighted by Crippen LogP contribution is -2.39. The first kappa shape index (κ1) is 14.9. The van der Waals surface area contributed by atoms with Crippen LogP contribution in [-0.2, 0) is 4.79 Å². The van der Waals surface area contributed by atoms with E-state index in [-0.39, 0.29) is 17.8 Å². The molecular weight excluding hydrogens is 258 g/mol. The van der Waals surface area contributed by atoms with Crippen LogP contribution in [0.2, 0.25) is 0 Å². The molecular formula is C13H23N5O2. The number of rotatable bonds is 6. The molecule has 1 aliphatic rings. The first-order valence-corrected chi connectivity index (χ1v) is 7.09. The number of likely N-dealkylation sites (N-methyl/N-ethyl adjacent to an activating group) is 1. The van der Waals surface area contributed by atoms with Crippen LogP contribution in [0, 0.1) is 0 Å². The van der Waals surface area contributed by atoms with E-state index >= 15 is 0 Å². The molecule has 0 saturated carbocycles. The number of anilines is 1. The number of hydrogen-bond acceptors (Lipinski definition) is 6. The van der Waals surface area contributed by atoms with Crippen LogP contribution in [0.15, 0.2) is 4.42 Å². The number of carbonyl (C=O) groups is 1. The van der Waals surface area contributed by atoms with Gasteiger partial charge in [0.25, 0.3) is 0 Å². The van der Waals surface area contributed by atoms with Crippen molar-refractivity contribution in [2.45, 2.75) is 38.6 Å². The molecule has 1 aliphatic heterocycles. The van der Waals surface area contributed by atoms with Crippen molar-refractivity contribution in [3.05, 3.63) is 5.89 Å². The van der Waals surface area contributed by atoms with Crippen molar-refractivity contribution in [2.75, 3.05) is 32.0 Å². The zero-order valence-electron chi connectivity index (χ0n) is 12.3. The van der Waals surface area contributed by atoms with Gasteiger partial charge in [-0.2, -0.15) is 0 Å². The van der Waals surface area contributed by atoms with Gasteiger partial charge in [0.1, 0.15) is 0 Å². The van der Waals surface area contributed by atoms with Crippen LogP contribution < -0.4 is 10.6 Å². The summed E-state index contributed by atoms with van der Waals surface area (Å²) in [6, 6.07) is 0.662. The minimum absolute atomic E-state index is 0.135. The number of amides is 1. The fourth-order valence-electron chi connectivity index (χ4n) is 2.28. The summed E-state index contributed by atoms with van der Waals surface area (Å²) in [6.07, 6.45) is 2.39. The average molecular weight is 281 g/mol. The lowest BCUT2D eigenvalue weighted by atomic mass is 10.2. The van der Waals surface area contributed by atoms with Crippen molar-refractivity contribution in [1.29, 1.82) is 0 Å². The Balaban J connectivity index is 1.76. The van der Waals surface area contributed by atoms with Crippen LogP contribution in [0.3, 0.4) is 0 Å². The lowest BCUT2D eigenvalue weighted by Gasteiger charge is -2.19. The van der Waals surface area contributed by atoms with E-state index in [1.54, 1.807) is 0 Å². The van der Waals surface area contributed by atoms with E-state index in [1.165, 1.54) is 12.8 Å². The van der Waals surface area contributed by atoms with Crippen molar-refractivity contribution in [1.82, 2.24) is 20.4 Å². The second-order valence-electron chi connectivity index (χ2n) is 5.64. The van der Waals surface area contributed by atoms with Gasteiger partial charge < -0.3 is 9.73 Å². The molecule has 1 amide bonds. The van der Waals surface area contributed by atoms with E-state index < -0.39 is 0 Å². The van der Waals surface area contributed by atoms with Crippen LogP contribution in [0.5, 0.6) is 0 Å². The summed E-state index contributed by atoms with van der Waals surface area (Å²) in [4.78, 5) is 13.9. The van der Waals surface area contributed by atoms with Crippen molar-refractivity contribution in [3.8, 4) is 0 Å². The van der Waals surface area contributed by atoms with Crippen LogP contribution >= 0.6 is 0 Å². The molecule has 0 spiro atoms. The molecule has 112 valence electrons. The normalized spacial score (nSPS) is 18.9. The summed E-state index contributed by atoms with van der Waals surface area (Å²) < 4.78 is 5.35. The highest BCUT2D eigenvalue weighted by Crippen LogP contribution is 2.14. The maximum Gasteiger partial charge on any atom is 0.322 e. The van der Waals surface area contributed by atoms with Gasteiger partial charge in [0.05, 0.1) is 6.54 Å². The van der Waals surface area contributed by atoms with Crippen LogP contribution in [0.25, 0.3) is 0 Å². The minimum atomic E-state index is -0.135. The third-order valence-corrected chi connectivity index (χ3v) is 3.29. The maximum absolute atomic E-state index is 11.9. The number of carbonyl (C=O) groups excluding carboxylic acids is 1. The third-order valence-electron chi connectivity index (χ3n) is 3.29. The van der Waals surface area contributed by atoms with Crippen LogP contribution in [-0.4, -0.2) is 53.7 Å². The highest BCUT2D eigenvalue weighted by molar-refractivity contribution is 5.90. The number of nitrogens with zero attached hydrogens (tertiary/aromatic N) is 3. The molecule has 1 atom stereocenters. The first-order valence-electron chi connectivity index (χ1n) is 7.09. The molecule has 1 fully saturated rings. The van der Waals surface area contributed by atoms with E-state index in [2.05, 4.69) is 20.8 Å². The SMILES string of the molecule is CC(C)c1nnc(NC(=O)CN(C)CC2CCCN2)o1. The molecule has 0 radical (unpaired) electrons. The average Bonchev–Trinajstić information content (AvgIpc) is 2.99. The number of hydrogen-bond donors (Lipinski definition) is 2. The van der Waals surface area contributed by atoms with Crippen molar-refractivity contribution < 1.29 is 9.21 Å². The van der Waals surface area contributed by atoms with Gasteiger partial charge in [-0.3, -0.25) is 15.0 Å². The zero-order valence-corrected chi connectivity index (χ0v) is 12.3. The molecule has 1 saturated heterocycles. The van der Waals surface area contributed by atoms with E-state index in [9.17, 15) is 4.79 Å². The molecule has 1 unspecified atom stereocenters. The summed E-state index contributed by atoms with van der Waals surface area (Å²) in [5.74, 6) is 0.553. The summed E-state index contributed by atoms with van der Waals surface area (Å²) in [5.41, 5.74) is 0. The standard InChI is InChI=1S/C13H23N5O2/c1-9(2)12-16-17-13(20-12)15-11(19)8-18(3)7-10-5-4-6-14-10/h9-10,14H,4-8H2,1-3H3,(H,15,17,19). The molecule has 1 aromatic rings. The minimum Gasteiger partial charge on any atom is -0.408 e. The van der Waals surface area contributed by atoms with Gasteiger partial charge in [-0.1, -0.05) is 18.9 Å². The Morgan fingerprint density at radius 3 is 2.95 bits per heavy atom. The summed E-state index contributed by atoms with van der Waals surface area (Å²) in [7, 11) is 1.94. The fourth-order valence-corrected chi connectivity index (χ4v) is 2.28. The maximum atomic E-state index is 11.9. The van der Waals surface area contributed by atoms with E-state index in [1.807, 2.05) is 25.8 Å². The van der Waals surface area contributed by atoms with Crippen LogP contribution in [0.4, 0.5) is 6.01 Å². The quantitative estimate of drug-likeness (QED) is 0.803. The molecule has 7 heteroatoms. The molecule has 2 rings (SSSR count). The fraction of sp³-hybridized carbons (Fsp3) is 0.769. The Morgan fingerprint density at radius 2 is 2.35 bits per heavy atom. The van der Waals surface area contributed by atoms with Crippen LogP contribution in [0.1, 0.15) is 38.5 Å². The summed E-state index contributed by atoms with van der Waals surface area (Å²) in [5, 5.41) is 13.7. The highest BCUT2D eigenvalue weighted by Gasteiger charge is 2.18. The molecule has 2 N–H and O–H groups in total. The van der Waals surface area contributed by atoms with E-state index in [0.29, 0.717) is 18.5 Å². The highest BCUT2D eigenvalue weighted by atomic mass is 16.4. The first-order chi connectivity index (χ1) is 9.54.